The van der Waals surface area contributed by atoms with Crippen molar-refractivity contribution in [1.82, 2.24) is 20.2 Å². The summed E-state index contributed by atoms with van der Waals surface area (Å²) >= 11 is 0. The molecular weight excluding hydrogens is 314 g/mol. The van der Waals surface area contributed by atoms with Crippen LogP contribution in [0.1, 0.15) is 22.3 Å². The Morgan fingerprint density at radius 3 is 2.48 bits per heavy atom. The molecule has 1 N–H and O–H groups in total. The molecule has 2 aromatic heterocycles. The van der Waals surface area contributed by atoms with E-state index in [1.54, 1.807) is 18.6 Å². The van der Waals surface area contributed by atoms with E-state index in [1.807, 2.05) is 45.4 Å². The van der Waals surface area contributed by atoms with Crippen molar-refractivity contribution in [3.63, 3.8) is 0 Å². The van der Waals surface area contributed by atoms with Gasteiger partial charge in [-0.3, -0.25) is 9.78 Å². The van der Waals surface area contributed by atoms with Gasteiger partial charge < -0.3 is 15.1 Å². The molecule has 0 radical (unpaired) electrons. The zero-order valence-corrected chi connectivity index (χ0v) is 15.3. The minimum Gasteiger partial charge on any atom is -0.359 e. The second-order valence-corrected chi connectivity index (χ2v) is 6.34. The van der Waals surface area contributed by atoms with Crippen molar-refractivity contribution < 1.29 is 4.79 Å². The number of carbonyl (C=O) groups excluding carboxylic acids is 1. The summed E-state index contributed by atoms with van der Waals surface area (Å²) in [5, 5.41) is 2.92. The van der Waals surface area contributed by atoms with E-state index in [9.17, 15) is 4.79 Å². The molecule has 0 bridgehead atoms. The Kier molecular flexibility index (Phi) is 7.35. The molecule has 2 heterocycles. The summed E-state index contributed by atoms with van der Waals surface area (Å²) in [5.41, 5.74) is 1.84. The maximum absolute atomic E-state index is 12.1. The lowest BCUT2D eigenvalue weighted by atomic mass is 10.2. The van der Waals surface area contributed by atoms with Crippen molar-refractivity contribution >= 4 is 11.7 Å². The summed E-state index contributed by atoms with van der Waals surface area (Å²) in [6, 6.07) is 7.75. The van der Waals surface area contributed by atoms with E-state index < -0.39 is 0 Å². The van der Waals surface area contributed by atoms with Gasteiger partial charge in [-0.25, -0.2) is 4.98 Å². The zero-order chi connectivity index (χ0) is 18.1. The summed E-state index contributed by atoms with van der Waals surface area (Å²) in [6.07, 6.45) is 7.11. The molecule has 0 fully saturated rings. The van der Waals surface area contributed by atoms with E-state index in [0.29, 0.717) is 12.1 Å². The first-order chi connectivity index (χ1) is 12.1. The van der Waals surface area contributed by atoms with Crippen LogP contribution in [0.25, 0.3) is 0 Å². The van der Waals surface area contributed by atoms with Gasteiger partial charge >= 0.3 is 0 Å². The molecule has 0 aliphatic rings. The molecule has 0 atom stereocenters. The monoisotopic (exact) mass is 341 g/mol. The van der Waals surface area contributed by atoms with E-state index in [0.717, 1.165) is 31.7 Å². The highest BCUT2D eigenvalue weighted by Gasteiger charge is 2.08. The lowest BCUT2D eigenvalue weighted by molar-refractivity contribution is 0.0952. The predicted molar refractivity (Wildman–Crippen MR) is 101 cm³/mol. The molecule has 134 valence electrons. The Bertz CT molecular complexity index is 643. The molecule has 0 saturated carbocycles. The van der Waals surface area contributed by atoms with Crippen molar-refractivity contribution in [2.24, 2.45) is 0 Å². The number of rotatable bonds is 9. The van der Waals surface area contributed by atoms with Crippen LogP contribution in [0, 0.1) is 0 Å². The Balaban J connectivity index is 1.81. The topological polar surface area (TPSA) is 61.4 Å². The van der Waals surface area contributed by atoms with Crippen LogP contribution < -0.4 is 10.2 Å². The zero-order valence-electron chi connectivity index (χ0n) is 15.3. The molecule has 0 saturated heterocycles. The van der Waals surface area contributed by atoms with Gasteiger partial charge in [-0.15, -0.1) is 0 Å². The van der Waals surface area contributed by atoms with Gasteiger partial charge in [0.15, 0.2) is 0 Å². The number of carbonyl (C=O) groups is 1. The van der Waals surface area contributed by atoms with Gasteiger partial charge in [-0.2, -0.15) is 0 Å². The molecule has 0 aliphatic carbocycles. The number of pyridine rings is 2. The first-order valence-electron chi connectivity index (χ1n) is 8.55. The molecule has 2 rings (SSSR count). The van der Waals surface area contributed by atoms with Crippen molar-refractivity contribution in [1.29, 1.82) is 0 Å². The standard InChI is InChI=1S/C19H27N5O/c1-23(2)13-4-10-21-19(25)17-5-6-18(22-15-17)24(3)14-9-16-7-11-20-12-8-16/h5-8,11-12,15H,4,9-10,13-14H2,1-3H3,(H,21,25). The Hall–Kier alpha value is -2.47. The lowest BCUT2D eigenvalue weighted by Crippen LogP contribution is -2.27. The van der Waals surface area contributed by atoms with Crippen molar-refractivity contribution in [3.8, 4) is 0 Å². The van der Waals surface area contributed by atoms with Crippen LogP contribution in [0.2, 0.25) is 0 Å². The van der Waals surface area contributed by atoms with Gasteiger partial charge in [0.05, 0.1) is 5.56 Å². The van der Waals surface area contributed by atoms with Crippen LogP contribution in [-0.4, -0.2) is 61.6 Å². The highest BCUT2D eigenvalue weighted by atomic mass is 16.1. The van der Waals surface area contributed by atoms with E-state index in [2.05, 4.69) is 25.1 Å². The van der Waals surface area contributed by atoms with Gasteiger partial charge in [-0.05, 0) is 63.3 Å². The van der Waals surface area contributed by atoms with Gasteiger partial charge in [0.1, 0.15) is 5.82 Å². The highest BCUT2D eigenvalue weighted by molar-refractivity contribution is 5.94. The number of hydrogen-bond acceptors (Lipinski definition) is 5. The minimum absolute atomic E-state index is 0.0720. The Labute approximate surface area is 149 Å². The molecule has 2 aromatic rings. The smallest absolute Gasteiger partial charge is 0.252 e. The molecule has 0 spiro atoms. The predicted octanol–water partition coefficient (Wildman–Crippen LogP) is 1.84. The first-order valence-corrected chi connectivity index (χ1v) is 8.55. The van der Waals surface area contributed by atoms with E-state index in [1.165, 1.54) is 5.56 Å². The number of aromatic nitrogens is 2. The van der Waals surface area contributed by atoms with Crippen LogP contribution in [0.5, 0.6) is 0 Å². The average Bonchev–Trinajstić information content (AvgIpc) is 2.64. The molecule has 1 amide bonds. The number of nitrogens with zero attached hydrogens (tertiary/aromatic N) is 4. The van der Waals surface area contributed by atoms with Crippen LogP contribution >= 0.6 is 0 Å². The van der Waals surface area contributed by atoms with Gasteiger partial charge in [0.2, 0.25) is 0 Å². The van der Waals surface area contributed by atoms with Crippen molar-refractivity contribution in [2.45, 2.75) is 12.8 Å². The second kappa shape index (κ2) is 9.74. The fourth-order valence-corrected chi connectivity index (χ4v) is 2.41. The van der Waals surface area contributed by atoms with Crippen molar-refractivity contribution in [2.75, 3.05) is 45.7 Å². The number of nitrogens with one attached hydrogen (secondary N) is 1. The van der Waals surface area contributed by atoms with E-state index in [4.69, 9.17) is 0 Å². The summed E-state index contributed by atoms with van der Waals surface area (Å²) in [7, 11) is 6.05. The third kappa shape index (κ3) is 6.51. The lowest BCUT2D eigenvalue weighted by Gasteiger charge is -2.18. The van der Waals surface area contributed by atoms with Crippen LogP contribution in [0.4, 0.5) is 5.82 Å². The fraction of sp³-hybridized carbons (Fsp3) is 0.421. The maximum atomic E-state index is 12.1. The first kappa shape index (κ1) is 18.9. The molecule has 25 heavy (non-hydrogen) atoms. The van der Waals surface area contributed by atoms with Gasteiger partial charge in [0.25, 0.3) is 5.91 Å². The largest absolute Gasteiger partial charge is 0.359 e. The van der Waals surface area contributed by atoms with E-state index >= 15 is 0 Å². The minimum atomic E-state index is -0.0720. The maximum Gasteiger partial charge on any atom is 0.252 e. The third-order valence-electron chi connectivity index (χ3n) is 3.95. The van der Waals surface area contributed by atoms with Crippen LogP contribution in [-0.2, 0) is 6.42 Å². The molecule has 0 aliphatic heterocycles. The average molecular weight is 341 g/mol. The number of anilines is 1. The summed E-state index contributed by atoms with van der Waals surface area (Å²) in [5.74, 6) is 0.787. The van der Waals surface area contributed by atoms with Crippen molar-refractivity contribution in [3.05, 3.63) is 54.0 Å². The van der Waals surface area contributed by atoms with Crippen LogP contribution in [0.3, 0.4) is 0 Å². The fourth-order valence-electron chi connectivity index (χ4n) is 2.41. The SMILES string of the molecule is CN(C)CCCNC(=O)c1ccc(N(C)CCc2ccncc2)nc1. The van der Waals surface area contributed by atoms with E-state index in [-0.39, 0.29) is 5.91 Å². The quantitative estimate of drug-likeness (QED) is 0.705. The summed E-state index contributed by atoms with van der Waals surface area (Å²) in [4.78, 5) is 24.7. The summed E-state index contributed by atoms with van der Waals surface area (Å²) < 4.78 is 0. The van der Waals surface area contributed by atoms with Gasteiger partial charge in [-0.1, -0.05) is 0 Å². The molecule has 6 nitrogen and oxygen atoms in total. The van der Waals surface area contributed by atoms with Crippen LogP contribution in [0.15, 0.2) is 42.9 Å². The molecular formula is C19H27N5O. The highest BCUT2D eigenvalue weighted by Crippen LogP contribution is 2.11. The number of hydrogen-bond donors (Lipinski definition) is 1. The normalized spacial score (nSPS) is 10.7. The third-order valence-corrected chi connectivity index (χ3v) is 3.95. The molecule has 0 aromatic carbocycles. The molecule has 0 unspecified atom stereocenters. The summed E-state index contributed by atoms with van der Waals surface area (Å²) in [6.45, 7) is 2.48. The second-order valence-electron chi connectivity index (χ2n) is 6.34. The Morgan fingerprint density at radius 2 is 1.84 bits per heavy atom. The van der Waals surface area contributed by atoms with Gasteiger partial charge in [0, 0.05) is 38.7 Å². The number of amides is 1. The Morgan fingerprint density at radius 1 is 1.08 bits per heavy atom. The molecule has 6 heteroatoms. The number of likely N-dealkylation sites (N-methyl/N-ethyl adjacent to an activating group) is 1.